The van der Waals surface area contributed by atoms with E-state index in [1.807, 2.05) is 12.1 Å². The van der Waals surface area contributed by atoms with Crippen LogP contribution >= 0.6 is 0 Å². The monoisotopic (exact) mass is 348 g/mol. The molecule has 0 spiro atoms. The van der Waals surface area contributed by atoms with Crippen molar-refractivity contribution in [1.29, 1.82) is 0 Å². The first-order chi connectivity index (χ1) is 12.7. The highest BCUT2D eigenvalue weighted by molar-refractivity contribution is 5.90. The molecule has 0 heterocycles. The minimum Gasteiger partial charge on any atom is -0.508 e. The quantitative estimate of drug-likeness (QED) is 0.481. The fourth-order valence-electron chi connectivity index (χ4n) is 2.55. The summed E-state index contributed by atoms with van der Waals surface area (Å²) in [6.45, 7) is 2.06. The molecule has 0 aliphatic rings. The summed E-state index contributed by atoms with van der Waals surface area (Å²) in [4.78, 5) is 12.0. The molecule has 0 bridgehead atoms. The molecule has 0 fully saturated rings. The Bertz CT molecular complexity index is 870. The van der Waals surface area contributed by atoms with Crippen molar-refractivity contribution in [2.75, 3.05) is 0 Å². The van der Waals surface area contributed by atoms with Crippen LogP contribution in [0, 0.1) is 0 Å². The van der Waals surface area contributed by atoms with Crippen molar-refractivity contribution in [3.05, 3.63) is 83.9 Å². The van der Waals surface area contributed by atoms with E-state index >= 15 is 0 Å². The van der Waals surface area contributed by atoms with Gasteiger partial charge in [0.1, 0.15) is 23.0 Å². The van der Waals surface area contributed by atoms with Crippen LogP contribution in [0.1, 0.15) is 29.3 Å². The van der Waals surface area contributed by atoms with E-state index in [9.17, 15) is 9.90 Å². The van der Waals surface area contributed by atoms with Gasteiger partial charge in [0.15, 0.2) is 0 Å². The molecule has 0 unspecified atom stereocenters. The minimum absolute atomic E-state index is 0.280. The van der Waals surface area contributed by atoms with Gasteiger partial charge in [0, 0.05) is 0 Å². The SMILES string of the molecule is CCCc1cc(Oc2ccc(OC(=O)c3ccccc3)cc2)ccc1O. The fourth-order valence-corrected chi connectivity index (χ4v) is 2.55. The zero-order valence-electron chi connectivity index (χ0n) is 14.5. The lowest BCUT2D eigenvalue weighted by atomic mass is 10.1. The molecule has 3 aromatic rings. The normalized spacial score (nSPS) is 10.3. The largest absolute Gasteiger partial charge is 0.508 e. The van der Waals surface area contributed by atoms with Crippen LogP contribution < -0.4 is 9.47 Å². The highest BCUT2D eigenvalue weighted by Crippen LogP contribution is 2.29. The molecule has 4 nitrogen and oxygen atoms in total. The molecule has 0 saturated carbocycles. The first-order valence-corrected chi connectivity index (χ1v) is 8.52. The average molecular weight is 348 g/mol. The lowest BCUT2D eigenvalue weighted by Crippen LogP contribution is -2.07. The Morgan fingerprint density at radius 3 is 2.23 bits per heavy atom. The van der Waals surface area contributed by atoms with Gasteiger partial charge in [0.25, 0.3) is 0 Å². The molecule has 0 amide bonds. The fraction of sp³-hybridized carbons (Fsp3) is 0.136. The van der Waals surface area contributed by atoms with E-state index < -0.39 is 5.97 Å². The Hall–Kier alpha value is -3.27. The number of aryl methyl sites for hydroxylation is 1. The van der Waals surface area contributed by atoms with Crippen molar-refractivity contribution in [3.63, 3.8) is 0 Å². The van der Waals surface area contributed by atoms with Crippen LogP contribution in [0.4, 0.5) is 0 Å². The number of ether oxygens (including phenoxy) is 2. The zero-order chi connectivity index (χ0) is 18.4. The highest BCUT2D eigenvalue weighted by atomic mass is 16.5. The second-order valence-corrected chi connectivity index (χ2v) is 5.87. The third kappa shape index (κ3) is 4.42. The third-order valence-electron chi connectivity index (χ3n) is 3.85. The molecule has 0 aromatic heterocycles. The molecule has 26 heavy (non-hydrogen) atoms. The van der Waals surface area contributed by atoms with Crippen LogP contribution in [0.5, 0.6) is 23.0 Å². The van der Waals surface area contributed by atoms with Gasteiger partial charge in [-0.15, -0.1) is 0 Å². The van der Waals surface area contributed by atoms with Crippen LogP contribution in [0.2, 0.25) is 0 Å². The number of phenolic OH excluding ortho intramolecular Hbond substituents is 1. The summed E-state index contributed by atoms with van der Waals surface area (Å²) < 4.78 is 11.2. The van der Waals surface area contributed by atoms with Gasteiger partial charge in [-0.25, -0.2) is 4.79 Å². The first-order valence-electron chi connectivity index (χ1n) is 8.52. The Labute approximate surface area is 152 Å². The Morgan fingerprint density at radius 1 is 0.885 bits per heavy atom. The molecule has 3 aromatic carbocycles. The first kappa shape index (κ1) is 17.5. The van der Waals surface area contributed by atoms with E-state index in [1.165, 1.54) is 0 Å². The summed E-state index contributed by atoms with van der Waals surface area (Å²) in [5, 5.41) is 9.84. The maximum absolute atomic E-state index is 12.0. The molecule has 0 aliphatic carbocycles. The molecule has 0 radical (unpaired) electrons. The van der Waals surface area contributed by atoms with Crippen molar-refractivity contribution in [2.24, 2.45) is 0 Å². The third-order valence-corrected chi connectivity index (χ3v) is 3.85. The zero-order valence-corrected chi connectivity index (χ0v) is 14.5. The minimum atomic E-state index is -0.401. The number of carbonyl (C=O) groups is 1. The van der Waals surface area contributed by atoms with Crippen LogP contribution in [0.15, 0.2) is 72.8 Å². The van der Waals surface area contributed by atoms with E-state index in [1.54, 1.807) is 60.7 Å². The van der Waals surface area contributed by atoms with E-state index in [-0.39, 0.29) is 5.75 Å². The maximum atomic E-state index is 12.0. The van der Waals surface area contributed by atoms with Gasteiger partial charge in [-0.3, -0.25) is 0 Å². The smallest absolute Gasteiger partial charge is 0.343 e. The van der Waals surface area contributed by atoms with E-state index in [2.05, 4.69) is 6.92 Å². The number of phenols is 1. The molecule has 3 rings (SSSR count). The summed E-state index contributed by atoms with van der Waals surface area (Å²) in [6.07, 6.45) is 1.73. The van der Waals surface area contributed by atoms with Crippen LogP contribution in [0.3, 0.4) is 0 Å². The summed E-state index contributed by atoms with van der Waals surface area (Å²) in [5.41, 5.74) is 1.36. The average Bonchev–Trinajstić information content (AvgIpc) is 2.67. The van der Waals surface area contributed by atoms with E-state index in [0.717, 1.165) is 18.4 Å². The number of hydrogen-bond donors (Lipinski definition) is 1. The maximum Gasteiger partial charge on any atom is 0.343 e. The summed E-state index contributed by atoms with van der Waals surface area (Å²) in [5.74, 6) is 1.60. The van der Waals surface area contributed by atoms with Crippen LogP contribution in [-0.4, -0.2) is 11.1 Å². The van der Waals surface area contributed by atoms with Gasteiger partial charge >= 0.3 is 5.97 Å². The predicted octanol–water partition coefficient (Wildman–Crippen LogP) is 5.36. The van der Waals surface area contributed by atoms with Crippen LogP contribution in [0.25, 0.3) is 0 Å². The molecule has 0 saturated heterocycles. The molecule has 0 atom stereocenters. The van der Waals surface area contributed by atoms with Gasteiger partial charge in [0.2, 0.25) is 0 Å². The number of rotatable bonds is 6. The van der Waals surface area contributed by atoms with Crippen molar-refractivity contribution < 1.29 is 19.4 Å². The second kappa shape index (κ2) is 8.21. The topological polar surface area (TPSA) is 55.8 Å². The van der Waals surface area contributed by atoms with Crippen molar-refractivity contribution >= 4 is 5.97 Å². The molecular weight excluding hydrogens is 328 g/mol. The highest BCUT2D eigenvalue weighted by Gasteiger charge is 2.08. The Balaban J connectivity index is 1.66. The number of hydrogen-bond acceptors (Lipinski definition) is 4. The molecule has 0 aliphatic heterocycles. The van der Waals surface area contributed by atoms with E-state index in [4.69, 9.17) is 9.47 Å². The lowest BCUT2D eigenvalue weighted by molar-refractivity contribution is 0.0734. The molecule has 1 N–H and O–H groups in total. The molecule has 4 heteroatoms. The number of aromatic hydroxyl groups is 1. The molecular formula is C22H20O4. The summed E-state index contributed by atoms with van der Waals surface area (Å²) in [6, 6.07) is 20.9. The number of benzene rings is 3. The Kier molecular flexibility index (Phi) is 5.54. The van der Waals surface area contributed by atoms with Gasteiger partial charge in [-0.1, -0.05) is 31.5 Å². The number of carbonyl (C=O) groups excluding carboxylic acids is 1. The van der Waals surface area contributed by atoms with Crippen molar-refractivity contribution in [3.8, 4) is 23.0 Å². The Morgan fingerprint density at radius 2 is 1.54 bits per heavy atom. The predicted molar refractivity (Wildman–Crippen MR) is 100 cm³/mol. The van der Waals surface area contributed by atoms with Crippen LogP contribution in [-0.2, 0) is 6.42 Å². The second-order valence-electron chi connectivity index (χ2n) is 5.87. The van der Waals surface area contributed by atoms with E-state index in [0.29, 0.717) is 22.8 Å². The van der Waals surface area contributed by atoms with Crippen molar-refractivity contribution in [1.82, 2.24) is 0 Å². The summed E-state index contributed by atoms with van der Waals surface area (Å²) in [7, 11) is 0. The van der Waals surface area contributed by atoms with Gasteiger partial charge in [-0.2, -0.15) is 0 Å². The summed E-state index contributed by atoms with van der Waals surface area (Å²) >= 11 is 0. The standard InChI is InChI=1S/C22H20O4/c1-2-6-17-15-20(13-14-21(17)23)25-18-9-11-19(12-10-18)26-22(24)16-7-4-3-5-8-16/h3-5,7-15,23H,2,6H2,1H3. The van der Waals surface area contributed by atoms with Gasteiger partial charge in [0.05, 0.1) is 5.56 Å². The van der Waals surface area contributed by atoms with Crippen molar-refractivity contribution in [2.45, 2.75) is 19.8 Å². The van der Waals surface area contributed by atoms with Gasteiger partial charge < -0.3 is 14.6 Å². The lowest BCUT2D eigenvalue weighted by Gasteiger charge is -2.10. The van der Waals surface area contributed by atoms with Gasteiger partial charge in [-0.05, 0) is 66.6 Å². The number of esters is 1. The molecule has 132 valence electrons.